The fourth-order valence-corrected chi connectivity index (χ4v) is 9.49. The van der Waals surface area contributed by atoms with Crippen molar-refractivity contribution >= 4 is 5.69 Å². The van der Waals surface area contributed by atoms with Crippen molar-refractivity contribution < 1.29 is 9.84 Å². The Morgan fingerprint density at radius 1 is 1.11 bits per heavy atom. The summed E-state index contributed by atoms with van der Waals surface area (Å²) in [6, 6.07) is 8.72. The van der Waals surface area contributed by atoms with Gasteiger partial charge in [-0.25, -0.2) is 0 Å². The number of anilines is 1. The third-order valence-corrected chi connectivity index (χ3v) is 11.1. The first kappa shape index (κ1) is 25.1. The lowest BCUT2D eigenvalue weighted by Crippen LogP contribution is -2.52. The van der Waals surface area contributed by atoms with Crippen LogP contribution in [0.25, 0.3) is 0 Å². The smallest absolute Gasteiger partial charge is 0.0991 e. The van der Waals surface area contributed by atoms with E-state index in [1.165, 1.54) is 56.2 Å². The Balaban J connectivity index is 1.26. The van der Waals surface area contributed by atoms with E-state index in [-0.39, 0.29) is 0 Å². The molecule has 0 aliphatic heterocycles. The zero-order valence-electron chi connectivity index (χ0n) is 22.4. The number of aryl methyl sites for hydroxylation is 1. The Hall–Kier alpha value is -1.57. The first-order chi connectivity index (χ1) is 16.8. The van der Waals surface area contributed by atoms with Crippen molar-refractivity contribution in [2.24, 2.45) is 40.9 Å². The van der Waals surface area contributed by atoms with Crippen molar-refractivity contribution in [2.75, 3.05) is 18.5 Å². The molecule has 4 fully saturated rings. The summed E-state index contributed by atoms with van der Waals surface area (Å²) in [4.78, 5) is 0. The van der Waals surface area contributed by atoms with E-state index in [0.29, 0.717) is 36.5 Å². The molecule has 35 heavy (non-hydrogen) atoms. The Morgan fingerprint density at radius 2 is 1.91 bits per heavy atom. The highest BCUT2D eigenvalue weighted by molar-refractivity contribution is 5.54. The van der Waals surface area contributed by atoms with E-state index >= 15 is 0 Å². The summed E-state index contributed by atoms with van der Waals surface area (Å²) in [5.41, 5.74) is 2.92. The molecular weight excluding hydrogens is 432 g/mol. The second kappa shape index (κ2) is 9.71. The van der Waals surface area contributed by atoms with Gasteiger partial charge in [0.1, 0.15) is 0 Å². The number of hydrogen-bond acceptors (Lipinski definition) is 4. The van der Waals surface area contributed by atoms with Crippen molar-refractivity contribution in [2.45, 2.75) is 97.1 Å². The lowest BCUT2D eigenvalue weighted by molar-refractivity contribution is -0.128. The summed E-state index contributed by atoms with van der Waals surface area (Å²) in [5, 5.41) is 24.2. The molecule has 4 nitrogen and oxygen atoms in total. The number of fused-ring (bicyclic) bond motifs is 5. The molecule has 0 aromatic heterocycles. The highest BCUT2D eigenvalue weighted by Crippen LogP contribution is 2.65. The summed E-state index contributed by atoms with van der Waals surface area (Å²) in [5.74, 6) is 4.80. The lowest BCUT2D eigenvalue weighted by atomic mass is 9.48. The van der Waals surface area contributed by atoms with Crippen LogP contribution in [0.2, 0.25) is 0 Å². The summed E-state index contributed by atoms with van der Waals surface area (Å²) in [7, 11) is 0. The maximum atomic E-state index is 11.1. The van der Waals surface area contributed by atoms with Gasteiger partial charge in [0.2, 0.25) is 0 Å². The molecule has 0 spiro atoms. The van der Waals surface area contributed by atoms with E-state index < -0.39 is 5.60 Å². The van der Waals surface area contributed by atoms with Crippen molar-refractivity contribution in [3.8, 4) is 6.07 Å². The van der Waals surface area contributed by atoms with Crippen LogP contribution < -0.4 is 5.32 Å². The number of aliphatic hydroxyl groups is 1. The van der Waals surface area contributed by atoms with Crippen LogP contribution in [0.3, 0.4) is 0 Å². The second-order valence-corrected chi connectivity index (χ2v) is 12.8. The molecule has 1 unspecified atom stereocenters. The third kappa shape index (κ3) is 4.53. The van der Waals surface area contributed by atoms with Gasteiger partial charge in [-0.15, -0.1) is 0 Å². The number of rotatable bonds is 6. The van der Waals surface area contributed by atoms with E-state index in [0.717, 1.165) is 42.1 Å². The molecule has 0 saturated heterocycles. The summed E-state index contributed by atoms with van der Waals surface area (Å²) < 4.78 is 5.66. The molecule has 2 N–H and O–H groups in total. The zero-order chi connectivity index (χ0) is 24.8. The largest absolute Gasteiger partial charge is 0.387 e. The van der Waals surface area contributed by atoms with Gasteiger partial charge >= 0.3 is 0 Å². The highest BCUT2D eigenvalue weighted by Gasteiger charge is 2.58. The summed E-state index contributed by atoms with van der Waals surface area (Å²) in [6.45, 7) is 10.4. The molecule has 5 rings (SSSR count). The highest BCUT2D eigenvalue weighted by atomic mass is 16.5. The maximum absolute atomic E-state index is 11.1. The molecule has 0 heterocycles. The Labute approximate surface area is 212 Å². The van der Waals surface area contributed by atoms with Gasteiger partial charge < -0.3 is 15.2 Å². The molecule has 1 aromatic carbocycles. The molecule has 0 radical (unpaired) electrons. The monoisotopic (exact) mass is 478 g/mol. The van der Waals surface area contributed by atoms with E-state index in [9.17, 15) is 10.4 Å². The number of nitrogens with one attached hydrogen (secondary N) is 1. The van der Waals surface area contributed by atoms with Crippen molar-refractivity contribution in [3.05, 3.63) is 29.3 Å². The fraction of sp³-hybridized carbons (Fsp3) is 0.774. The van der Waals surface area contributed by atoms with Crippen LogP contribution in [0.1, 0.15) is 89.7 Å². The van der Waals surface area contributed by atoms with Crippen molar-refractivity contribution in [1.29, 1.82) is 5.26 Å². The number of benzene rings is 1. The number of nitrogens with zero attached hydrogens (tertiary/aromatic N) is 1. The quantitative estimate of drug-likeness (QED) is 0.477. The fourth-order valence-electron chi connectivity index (χ4n) is 9.49. The Morgan fingerprint density at radius 3 is 2.66 bits per heavy atom. The molecule has 4 heteroatoms. The summed E-state index contributed by atoms with van der Waals surface area (Å²) in [6.07, 6.45) is 11.2. The van der Waals surface area contributed by atoms with E-state index in [2.05, 4.69) is 38.2 Å². The maximum Gasteiger partial charge on any atom is 0.0991 e. The standard InChI is InChI=1S/C31H46N2O2/c1-5-35-19-31(34)15-13-24-23(17-31)7-8-26-25(24)12-14-30(4)27(9-10-28(26)30)21(3)33-29-11-6-22(18-32)16-20(29)2/h6,11,16,21,23-28,33-34H,5,7-10,12-15,17,19H2,1-4H3/t21-,23-,24+,25-,26-,27?,28+,30-,31-/m1/s1. The molecule has 4 saturated carbocycles. The predicted octanol–water partition coefficient (Wildman–Crippen LogP) is 6.70. The molecular formula is C31H46N2O2. The van der Waals surface area contributed by atoms with Crippen molar-refractivity contribution in [1.82, 2.24) is 0 Å². The van der Waals surface area contributed by atoms with Gasteiger partial charge in [-0.05, 0) is 143 Å². The van der Waals surface area contributed by atoms with Crippen molar-refractivity contribution in [3.63, 3.8) is 0 Å². The van der Waals surface area contributed by atoms with Gasteiger partial charge in [-0.1, -0.05) is 6.92 Å². The summed E-state index contributed by atoms with van der Waals surface area (Å²) >= 11 is 0. The minimum atomic E-state index is -0.587. The minimum absolute atomic E-state index is 0.422. The zero-order valence-corrected chi connectivity index (χ0v) is 22.4. The number of ether oxygens (including phenoxy) is 1. The average molecular weight is 479 g/mol. The van der Waals surface area contributed by atoms with E-state index in [1.807, 2.05) is 19.1 Å². The average Bonchev–Trinajstić information content (AvgIpc) is 3.21. The third-order valence-electron chi connectivity index (χ3n) is 11.1. The first-order valence-corrected chi connectivity index (χ1v) is 14.4. The van der Waals surface area contributed by atoms with E-state index in [1.54, 1.807) is 0 Å². The lowest BCUT2D eigenvalue weighted by Gasteiger charge is -2.57. The van der Waals surface area contributed by atoms with Crippen LogP contribution in [0.15, 0.2) is 18.2 Å². The molecule has 9 atom stereocenters. The van der Waals surface area contributed by atoms with Gasteiger partial charge in [0.25, 0.3) is 0 Å². The van der Waals surface area contributed by atoms with Gasteiger partial charge in [0, 0.05) is 18.3 Å². The van der Waals surface area contributed by atoms with E-state index in [4.69, 9.17) is 4.74 Å². The molecule has 1 aromatic rings. The van der Waals surface area contributed by atoms with Gasteiger partial charge in [-0.3, -0.25) is 0 Å². The topological polar surface area (TPSA) is 65.3 Å². The van der Waals surface area contributed by atoms with Crippen LogP contribution in [-0.4, -0.2) is 30.0 Å². The molecule has 4 aliphatic rings. The molecule has 0 amide bonds. The Bertz CT molecular complexity index is 956. The Kier molecular flexibility index (Phi) is 6.96. The van der Waals surface area contributed by atoms with Crippen LogP contribution in [0, 0.1) is 59.2 Å². The SMILES string of the molecule is CCOC[C@@]1(O)CC[C@H]2[C@H](CC[C@@H]3[C@@H]2CC[C@]2(C)C([C@@H](C)Nc4ccc(C#N)cc4C)CC[C@@H]32)C1. The first-order valence-electron chi connectivity index (χ1n) is 14.4. The van der Waals surface area contributed by atoms with Crippen LogP contribution in [0.5, 0.6) is 0 Å². The van der Waals surface area contributed by atoms with Gasteiger partial charge in [-0.2, -0.15) is 5.26 Å². The predicted molar refractivity (Wildman–Crippen MR) is 141 cm³/mol. The molecule has 0 bridgehead atoms. The minimum Gasteiger partial charge on any atom is -0.387 e. The molecule has 4 aliphatic carbocycles. The van der Waals surface area contributed by atoms with Crippen LogP contribution >= 0.6 is 0 Å². The van der Waals surface area contributed by atoms with Crippen LogP contribution in [0.4, 0.5) is 5.69 Å². The number of nitriles is 1. The van der Waals surface area contributed by atoms with Gasteiger partial charge in [0.15, 0.2) is 0 Å². The van der Waals surface area contributed by atoms with Crippen LogP contribution in [-0.2, 0) is 4.74 Å². The number of hydrogen-bond donors (Lipinski definition) is 2. The normalized spacial score (nSPS) is 41.3. The van der Waals surface area contributed by atoms with Gasteiger partial charge in [0.05, 0.1) is 23.8 Å². The molecule has 192 valence electrons. The second-order valence-electron chi connectivity index (χ2n) is 12.8.